The predicted octanol–water partition coefficient (Wildman–Crippen LogP) is 3.28. The van der Waals surface area contributed by atoms with Crippen molar-refractivity contribution in [1.29, 1.82) is 0 Å². The quantitative estimate of drug-likeness (QED) is 0.281. The molecular weight excluding hydrogens is 438 g/mol. The summed E-state index contributed by atoms with van der Waals surface area (Å²) in [5.74, 6) is 0.312. The summed E-state index contributed by atoms with van der Waals surface area (Å²) in [6.07, 6.45) is 5.96. The topological polar surface area (TPSA) is 132 Å². The third kappa shape index (κ3) is 6.26. The lowest BCUT2D eigenvalue weighted by molar-refractivity contribution is -0.120. The van der Waals surface area contributed by atoms with Gasteiger partial charge in [-0.2, -0.15) is 0 Å². The van der Waals surface area contributed by atoms with Crippen LogP contribution in [0.5, 0.6) is 0 Å². The van der Waals surface area contributed by atoms with E-state index in [1.165, 1.54) is 0 Å². The van der Waals surface area contributed by atoms with E-state index in [0.29, 0.717) is 25.5 Å². The molecule has 1 amide bonds. The van der Waals surface area contributed by atoms with Crippen LogP contribution in [0, 0.1) is 0 Å². The number of nitrogens with one attached hydrogen (secondary N) is 2. The van der Waals surface area contributed by atoms with E-state index in [1.807, 2.05) is 66.9 Å². The number of anilines is 1. The number of hydrogen-bond acceptors (Lipinski definition) is 7. The first-order valence-corrected chi connectivity index (χ1v) is 11.5. The van der Waals surface area contributed by atoms with E-state index < -0.39 is 0 Å². The maximum Gasteiger partial charge on any atom is 0.234 e. The van der Waals surface area contributed by atoms with Crippen LogP contribution in [0.25, 0.3) is 22.4 Å². The average molecular weight is 468 g/mol. The van der Waals surface area contributed by atoms with Crippen LogP contribution in [-0.4, -0.2) is 33.9 Å². The molecule has 35 heavy (non-hydrogen) atoms. The number of carbonyl (C=O) groups is 1. The number of nitrogens with two attached hydrogens (primary N) is 2. The van der Waals surface area contributed by atoms with Crippen molar-refractivity contribution >= 4 is 11.9 Å². The summed E-state index contributed by atoms with van der Waals surface area (Å²) in [5, 5.41) is 6.29. The smallest absolute Gasteiger partial charge is 0.234 e. The van der Waals surface area contributed by atoms with E-state index in [1.54, 1.807) is 12.4 Å². The Bertz CT molecular complexity index is 1250. The molecule has 2 aromatic carbocycles. The van der Waals surface area contributed by atoms with Gasteiger partial charge in [0.05, 0.1) is 18.3 Å². The maximum atomic E-state index is 12.0. The molecule has 6 N–H and O–H groups in total. The molecule has 0 unspecified atom stereocenters. The lowest BCUT2D eigenvalue weighted by Gasteiger charge is -2.19. The van der Waals surface area contributed by atoms with Crippen LogP contribution in [-0.2, 0) is 11.3 Å². The molecule has 0 aliphatic heterocycles. The van der Waals surface area contributed by atoms with E-state index in [9.17, 15) is 4.79 Å². The zero-order chi connectivity index (χ0) is 24.5. The minimum absolute atomic E-state index is 0.0536. The molecule has 1 atom stereocenters. The van der Waals surface area contributed by atoms with Crippen molar-refractivity contribution in [2.75, 3.05) is 18.4 Å². The van der Waals surface area contributed by atoms with Gasteiger partial charge in [0, 0.05) is 42.8 Å². The van der Waals surface area contributed by atoms with Gasteiger partial charge in [0.15, 0.2) is 0 Å². The summed E-state index contributed by atoms with van der Waals surface area (Å²) < 4.78 is 0. The van der Waals surface area contributed by atoms with Gasteiger partial charge in [-0.15, -0.1) is 0 Å². The average Bonchev–Trinajstić information content (AvgIpc) is 2.93. The van der Waals surface area contributed by atoms with Crippen molar-refractivity contribution in [2.24, 2.45) is 11.5 Å². The monoisotopic (exact) mass is 467 g/mol. The molecule has 178 valence electrons. The molecule has 0 radical (unpaired) electrons. The zero-order valence-corrected chi connectivity index (χ0v) is 19.4. The molecule has 0 saturated heterocycles. The van der Waals surface area contributed by atoms with E-state index in [0.717, 1.165) is 33.5 Å². The molecule has 0 aliphatic rings. The fraction of sp³-hybridized carbons (Fsp3) is 0.185. The number of pyridine rings is 1. The molecule has 0 saturated carbocycles. The highest BCUT2D eigenvalue weighted by Crippen LogP contribution is 2.31. The van der Waals surface area contributed by atoms with E-state index >= 15 is 0 Å². The number of hydrogen-bond donors (Lipinski definition) is 4. The molecule has 0 bridgehead atoms. The van der Waals surface area contributed by atoms with Crippen LogP contribution >= 0.6 is 0 Å². The van der Waals surface area contributed by atoms with Gasteiger partial charge in [0.2, 0.25) is 11.9 Å². The molecular formula is C27H29N7O. The fourth-order valence-electron chi connectivity index (χ4n) is 3.86. The van der Waals surface area contributed by atoms with Crippen LogP contribution in [0.1, 0.15) is 23.6 Å². The first-order chi connectivity index (χ1) is 17.2. The predicted molar refractivity (Wildman–Crippen MR) is 138 cm³/mol. The van der Waals surface area contributed by atoms with Gasteiger partial charge in [-0.05, 0) is 41.3 Å². The van der Waals surface area contributed by atoms with Gasteiger partial charge < -0.3 is 22.1 Å². The van der Waals surface area contributed by atoms with Crippen molar-refractivity contribution in [3.8, 4) is 22.4 Å². The second-order valence-corrected chi connectivity index (χ2v) is 8.05. The number of benzene rings is 2. The Morgan fingerprint density at radius 2 is 1.74 bits per heavy atom. The summed E-state index contributed by atoms with van der Waals surface area (Å²) in [5.41, 5.74) is 17.1. The van der Waals surface area contributed by atoms with Gasteiger partial charge >= 0.3 is 0 Å². The van der Waals surface area contributed by atoms with Crippen molar-refractivity contribution < 1.29 is 4.79 Å². The Morgan fingerprint density at radius 3 is 2.49 bits per heavy atom. The maximum absolute atomic E-state index is 12.0. The highest BCUT2D eigenvalue weighted by molar-refractivity contribution is 5.81. The second kappa shape index (κ2) is 11.8. The number of carbonyl (C=O) groups excluding carboxylic acids is 1. The lowest BCUT2D eigenvalue weighted by Crippen LogP contribution is -2.34. The van der Waals surface area contributed by atoms with Crippen molar-refractivity contribution in [1.82, 2.24) is 20.3 Å². The van der Waals surface area contributed by atoms with Gasteiger partial charge in [-0.25, -0.2) is 9.97 Å². The fourth-order valence-corrected chi connectivity index (χ4v) is 3.86. The van der Waals surface area contributed by atoms with E-state index in [-0.39, 0.29) is 18.5 Å². The van der Waals surface area contributed by atoms with E-state index in [4.69, 9.17) is 16.5 Å². The van der Waals surface area contributed by atoms with Gasteiger partial charge in [-0.1, -0.05) is 48.5 Å². The minimum Gasteiger partial charge on any atom is -0.354 e. The van der Waals surface area contributed by atoms with Crippen LogP contribution in [0.3, 0.4) is 0 Å². The molecule has 0 aliphatic carbocycles. The zero-order valence-electron chi connectivity index (χ0n) is 19.4. The molecule has 4 aromatic rings. The Morgan fingerprint density at radius 1 is 0.943 bits per heavy atom. The first-order valence-electron chi connectivity index (χ1n) is 11.5. The van der Waals surface area contributed by atoms with Gasteiger partial charge in [0.1, 0.15) is 0 Å². The minimum atomic E-state index is -0.195. The highest BCUT2D eigenvalue weighted by atomic mass is 16.1. The summed E-state index contributed by atoms with van der Waals surface area (Å²) in [6, 6.07) is 21.6. The number of amides is 1. The van der Waals surface area contributed by atoms with Crippen LogP contribution in [0.4, 0.5) is 5.95 Å². The normalized spacial score (nSPS) is 11.6. The van der Waals surface area contributed by atoms with Gasteiger partial charge in [0.25, 0.3) is 0 Å². The Hall–Kier alpha value is -4.14. The van der Waals surface area contributed by atoms with Crippen molar-refractivity contribution in [2.45, 2.75) is 19.0 Å². The first kappa shape index (κ1) is 24.0. The number of nitrogens with zero attached hydrogens (tertiary/aromatic N) is 3. The third-order valence-electron chi connectivity index (χ3n) is 5.65. The molecule has 0 spiro atoms. The summed E-state index contributed by atoms with van der Waals surface area (Å²) >= 11 is 0. The molecule has 4 rings (SSSR count). The van der Waals surface area contributed by atoms with Crippen LogP contribution < -0.4 is 22.1 Å². The summed E-state index contributed by atoms with van der Waals surface area (Å²) in [6.45, 7) is 0.965. The summed E-state index contributed by atoms with van der Waals surface area (Å²) in [4.78, 5) is 25.5. The number of rotatable bonds is 10. The molecule has 8 nitrogen and oxygen atoms in total. The van der Waals surface area contributed by atoms with Gasteiger partial charge in [-0.3, -0.25) is 9.78 Å². The molecule has 8 heteroatoms. The highest BCUT2D eigenvalue weighted by Gasteiger charge is 2.15. The molecule has 2 aromatic heterocycles. The van der Waals surface area contributed by atoms with Crippen LogP contribution in [0.2, 0.25) is 0 Å². The number of aromatic nitrogens is 3. The van der Waals surface area contributed by atoms with Crippen LogP contribution in [0.15, 0.2) is 85.3 Å². The van der Waals surface area contributed by atoms with E-state index in [2.05, 4.69) is 26.7 Å². The summed E-state index contributed by atoms with van der Waals surface area (Å²) in [7, 11) is 0. The Balaban J connectivity index is 1.56. The Labute approximate surface area is 204 Å². The molecule has 0 fully saturated rings. The van der Waals surface area contributed by atoms with Crippen molar-refractivity contribution in [3.63, 3.8) is 0 Å². The lowest BCUT2D eigenvalue weighted by atomic mass is 10.00. The molecule has 2 heterocycles. The standard InChI is InChI=1S/C27H29N7O/c28-16-19-5-4-8-22(15-19)23-18-32-27(34-26(23)21-9-12-30-13-10-21)31-14-11-24(33-25(35)17-29)20-6-2-1-3-7-20/h1-10,12-13,15,18,24H,11,14,16-17,28-29H2,(H,33,35)(H,31,32,34)/t24-/m0/s1. The Kier molecular flexibility index (Phi) is 8.11. The SMILES string of the molecule is NCC(=O)N[C@@H](CCNc1ncc(-c2cccc(CN)c2)c(-c2ccncc2)n1)c1ccccc1. The third-order valence-corrected chi connectivity index (χ3v) is 5.65. The van der Waals surface area contributed by atoms with Crippen molar-refractivity contribution in [3.05, 3.63) is 96.4 Å². The second-order valence-electron chi connectivity index (χ2n) is 8.05. The largest absolute Gasteiger partial charge is 0.354 e.